The quantitative estimate of drug-likeness (QED) is 0.263. The summed E-state index contributed by atoms with van der Waals surface area (Å²) in [7, 11) is 1.87. The average molecular weight is 438 g/mol. The summed E-state index contributed by atoms with van der Waals surface area (Å²) in [5.74, 6) is 2.56. The van der Waals surface area contributed by atoms with Crippen LogP contribution in [0.4, 0.5) is 0 Å². The largest absolute Gasteiger partial charge is 0.356 e. The van der Waals surface area contributed by atoms with Gasteiger partial charge in [-0.3, -0.25) is 4.99 Å². The molecular weight excluding hydrogens is 399 g/mol. The Morgan fingerprint density at radius 3 is 2.26 bits per heavy atom. The summed E-state index contributed by atoms with van der Waals surface area (Å²) in [6, 6.07) is 0.574. The third-order valence-electron chi connectivity index (χ3n) is 4.28. The Labute approximate surface area is 161 Å². The van der Waals surface area contributed by atoms with Crippen LogP contribution < -0.4 is 10.6 Å². The number of hydrogen-bond acceptors (Lipinski definition) is 2. The highest BCUT2D eigenvalue weighted by Gasteiger charge is 2.20. The number of rotatable bonds is 8. The zero-order valence-electron chi connectivity index (χ0n) is 15.9. The summed E-state index contributed by atoms with van der Waals surface area (Å²) in [5, 5.41) is 7.05. The van der Waals surface area contributed by atoms with Gasteiger partial charge in [-0.05, 0) is 31.1 Å². The van der Waals surface area contributed by atoms with Crippen molar-refractivity contribution in [2.45, 2.75) is 65.8 Å². The molecule has 0 aromatic rings. The van der Waals surface area contributed by atoms with Crippen molar-refractivity contribution in [2.75, 3.05) is 33.2 Å². The maximum absolute atomic E-state index is 4.36. The molecule has 0 aromatic carbocycles. The number of piperidine rings is 1. The lowest BCUT2D eigenvalue weighted by molar-refractivity contribution is 0.187. The van der Waals surface area contributed by atoms with Crippen molar-refractivity contribution in [2.24, 2.45) is 16.8 Å². The van der Waals surface area contributed by atoms with E-state index in [0.717, 1.165) is 24.3 Å². The molecule has 0 atom stereocenters. The molecule has 0 unspecified atom stereocenters. The zero-order valence-corrected chi connectivity index (χ0v) is 18.2. The number of hydrogen-bond donors (Lipinski definition) is 2. The molecule has 0 bridgehead atoms. The van der Waals surface area contributed by atoms with Gasteiger partial charge in [-0.1, -0.05) is 40.5 Å². The van der Waals surface area contributed by atoms with Crippen molar-refractivity contribution in [3.8, 4) is 0 Å². The standard InChI is InChI=1S/C18H38N4.HI/c1-15(2)8-6-7-11-20-18(19-5)21-17-9-12-22(13-10-17)14-16(3)4;/h15-17H,6-14H2,1-5H3,(H2,19,20,21);1H. The van der Waals surface area contributed by atoms with Gasteiger partial charge in [0, 0.05) is 39.3 Å². The van der Waals surface area contributed by atoms with Crippen LogP contribution in [0, 0.1) is 11.8 Å². The fourth-order valence-corrected chi connectivity index (χ4v) is 3.05. The smallest absolute Gasteiger partial charge is 0.191 e. The molecule has 23 heavy (non-hydrogen) atoms. The van der Waals surface area contributed by atoms with E-state index in [1.165, 1.54) is 51.7 Å². The molecule has 0 radical (unpaired) electrons. The molecule has 0 aromatic heterocycles. The normalized spacial score (nSPS) is 17.4. The highest BCUT2D eigenvalue weighted by Crippen LogP contribution is 2.12. The second-order valence-electron chi connectivity index (χ2n) is 7.50. The Balaban J connectivity index is 0.00000484. The van der Waals surface area contributed by atoms with Crippen LogP contribution in [0.3, 0.4) is 0 Å². The van der Waals surface area contributed by atoms with Crippen molar-refractivity contribution in [3.63, 3.8) is 0 Å². The summed E-state index contributed by atoms with van der Waals surface area (Å²) >= 11 is 0. The minimum Gasteiger partial charge on any atom is -0.356 e. The summed E-state index contributed by atoms with van der Waals surface area (Å²) in [4.78, 5) is 6.95. The molecule has 0 aliphatic carbocycles. The van der Waals surface area contributed by atoms with Crippen LogP contribution in [-0.2, 0) is 0 Å². The molecule has 1 heterocycles. The van der Waals surface area contributed by atoms with Gasteiger partial charge in [0.1, 0.15) is 0 Å². The molecule has 1 aliphatic rings. The maximum atomic E-state index is 4.36. The average Bonchev–Trinajstić information content (AvgIpc) is 2.46. The van der Waals surface area contributed by atoms with Gasteiger partial charge in [-0.15, -0.1) is 24.0 Å². The van der Waals surface area contributed by atoms with Crippen molar-refractivity contribution in [3.05, 3.63) is 0 Å². The lowest BCUT2D eigenvalue weighted by atomic mass is 10.0. The van der Waals surface area contributed by atoms with Crippen LogP contribution in [0.2, 0.25) is 0 Å². The lowest BCUT2D eigenvalue weighted by Gasteiger charge is -2.34. The topological polar surface area (TPSA) is 39.7 Å². The molecule has 0 spiro atoms. The number of aliphatic imine (C=N–C) groups is 1. The molecule has 0 amide bonds. The van der Waals surface area contributed by atoms with Crippen molar-refractivity contribution < 1.29 is 0 Å². The molecule has 0 saturated carbocycles. The van der Waals surface area contributed by atoms with Gasteiger partial charge >= 0.3 is 0 Å². The maximum Gasteiger partial charge on any atom is 0.191 e. The van der Waals surface area contributed by atoms with E-state index >= 15 is 0 Å². The highest BCUT2D eigenvalue weighted by atomic mass is 127. The Kier molecular flexibility index (Phi) is 13.3. The minimum atomic E-state index is 0. The van der Waals surface area contributed by atoms with Crippen LogP contribution in [-0.4, -0.2) is 50.1 Å². The number of nitrogens with zero attached hydrogens (tertiary/aromatic N) is 2. The highest BCUT2D eigenvalue weighted by molar-refractivity contribution is 14.0. The van der Waals surface area contributed by atoms with E-state index in [2.05, 4.69) is 48.2 Å². The van der Waals surface area contributed by atoms with Gasteiger partial charge in [0.15, 0.2) is 5.96 Å². The lowest BCUT2D eigenvalue weighted by Crippen LogP contribution is -2.49. The Morgan fingerprint density at radius 2 is 1.74 bits per heavy atom. The van der Waals surface area contributed by atoms with E-state index < -0.39 is 0 Å². The summed E-state index contributed by atoms with van der Waals surface area (Å²) in [6.45, 7) is 13.9. The molecule has 1 aliphatic heterocycles. The number of likely N-dealkylation sites (tertiary alicyclic amines) is 1. The summed E-state index contributed by atoms with van der Waals surface area (Å²) < 4.78 is 0. The Morgan fingerprint density at radius 1 is 1.09 bits per heavy atom. The van der Waals surface area contributed by atoms with Crippen molar-refractivity contribution >= 4 is 29.9 Å². The SMILES string of the molecule is CN=C(NCCCCC(C)C)NC1CCN(CC(C)C)CC1.I. The molecule has 1 rings (SSSR count). The zero-order chi connectivity index (χ0) is 16.4. The first-order chi connectivity index (χ1) is 10.5. The first-order valence-electron chi connectivity index (χ1n) is 9.20. The molecule has 5 heteroatoms. The van der Waals surface area contributed by atoms with Gasteiger partial charge in [-0.2, -0.15) is 0 Å². The van der Waals surface area contributed by atoms with Gasteiger partial charge in [0.05, 0.1) is 0 Å². The number of unbranched alkanes of at least 4 members (excludes halogenated alkanes) is 1. The molecule has 138 valence electrons. The number of guanidine groups is 1. The van der Waals surface area contributed by atoms with E-state index in [1.54, 1.807) is 0 Å². The van der Waals surface area contributed by atoms with Crippen LogP contribution in [0.5, 0.6) is 0 Å². The van der Waals surface area contributed by atoms with E-state index in [9.17, 15) is 0 Å². The van der Waals surface area contributed by atoms with E-state index in [0.29, 0.717) is 6.04 Å². The molecule has 1 saturated heterocycles. The van der Waals surface area contributed by atoms with E-state index in [-0.39, 0.29) is 24.0 Å². The van der Waals surface area contributed by atoms with Gasteiger partial charge in [0.2, 0.25) is 0 Å². The van der Waals surface area contributed by atoms with Crippen molar-refractivity contribution in [1.29, 1.82) is 0 Å². The van der Waals surface area contributed by atoms with Gasteiger partial charge < -0.3 is 15.5 Å². The molecule has 1 fully saturated rings. The second kappa shape index (κ2) is 13.3. The third kappa shape index (κ3) is 11.2. The third-order valence-corrected chi connectivity index (χ3v) is 4.28. The summed E-state index contributed by atoms with van der Waals surface area (Å²) in [5.41, 5.74) is 0. The van der Waals surface area contributed by atoms with Crippen LogP contribution in [0.1, 0.15) is 59.8 Å². The van der Waals surface area contributed by atoms with Crippen LogP contribution in [0.15, 0.2) is 4.99 Å². The Hall–Kier alpha value is -0.0400. The number of halogens is 1. The minimum absolute atomic E-state index is 0. The molecule has 4 nitrogen and oxygen atoms in total. The van der Waals surface area contributed by atoms with E-state index in [1.807, 2.05) is 7.05 Å². The predicted octanol–water partition coefficient (Wildman–Crippen LogP) is 3.72. The van der Waals surface area contributed by atoms with E-state index in [4.69, 9.17) is 0 Å². The fraction of sp³-hybridized carbons (Fsp3) is 0.944. The molecule has 2 N–H and O–H groups in total. The van der Waals surface area contributed by atoms with Gasteiger partial charge in [0.25, 0.3) is 0 Å². The van der Waals surface area contributed by atoms with Crippen LogP contribution >= 0.6 is 24.0 Å². The second-order valence-corrected chi connectivity index (χ2v) is 7.50. The predicted molar refractivity (Wildman–Crippen MR) is 113 cm³/mol. The fourth-order valence-electron chi connectivity index (χ4n) is 3.05. The molecular formula is C18H39IN4. The van der Waals surface area contributed by atoms with Gasteiger partial charge in [-0.25, -0.2) is 0 Å². The number of nitrogens with one attached hydrogen (secondary N) is 2. The monoisotopic (exact) mass is 438 g/mol. The van der Waals surface area contributed by atoms with Crippen LogP contribution in [0.25, 0.3) is 0 Å². The first kappa shape index (κ1) is 23.0. The Bertz CT molecular complexity index is 310. The summed E-state index contributed by atoms with van der Waals surface area (Å²) in [6.07, 6.45) is 6.30. The van der Waals surface area contributed by atoms with Crippen molar-refractivity contribution in [1.82, 2.24) is 15.5 Å². The first-order valence-corrected chi connectivity index (χ1v) is 9.20.